The smallest absolute Gasteiger partial charge is 0.338 e. The maximum atomic E-state index is 11.4. The number of hydrogen-bond acceptors (Lipinski definition) is 6. The van der Waals surface area contributed by atoms with E-state index in [9.17, 15) is 14.9 Å². The molecule has 0 saturated carbocycles. The molecule has 0 aliphatic carbocycles. The Morgan fingerprint density at radius 2 is 2.35 bits per heavy atom. The third-order valence-electron chi connectivity index (χ3n) is 2.36. The molecule has 0 unspecified atom stereocenters. The fraction of sp³-hybridized carbons (Fsp3) is 0.300. The molecule has 0 bridgehead atoms. The lowest BCUT2D eigenvalue weighted by molar-refractivity contribution is -0.384. The fourth-order valence-electron chi connectivity index (χ4n) is 1.61. The molecule has 1 aliphatic heterocycles. The number of hydrogen-bond donors (Lipinski definition) is 1. The van der Waals surface area contributed by atoms with Gasteiger partial charge < -0.3 is 14.8 Å². The molecule has 0 radical (unpaired) electrons. The van der Waals surface area contributed by atoms with Gasteiger partial charge in [0.2, 0.25) is 0 Å². The Hall–Kier alpha value is -2.31. The molecular weight excluding hydrogens is 228 g/mol. The van der Waals surface area contributed by atoms with Crippen LogP contribution in [0.1, 0.15) is 10.4 Å². The summed E-state index contributed by atoms with van der Waals surface area (Å²) < 4.78 is 9.80. The van der Waals surface area contributed by atoms with E-state index in [0.717, 1.165) is 0 Å². The van der Waals surface area contributed by atoms with E-state index in [4.69, 9.17) is 4.74 Å². The lowest BCUT2D eigenvalue weighted by Crippen LogP contribution is -2.19. The van der Waals surface area contributed by atoms with Gasteiger partial charge in [0.1, 0.15) is 12.4 Å². The lowest BCUT2D eigenvalue weighted by atomic mass is 10.1. The van der Waals surface area contributed by atoms with Crippen molar-refractivity contribution in [2.45, 2.75) is 0 Å². The van der Waals surface area contributed by atoms with Gasteiger partial charge in [-0.25, -0.2) is 4.79 Å². The zero-order valence-corrected chi connectivity index (χ0v) is 9.06. The Kier molecular flexibility index (Phi) is 2.82. The fourth-order valence-corrected chi connectivity index (χ4v) is 1.61. The van der Waals surface area contributed by atoms with Crippen molar-refractivity contribution in [3.63, 3.8) is 0 Å². The van der Waals surface area contributed by atoms with Crippen molar-refractivity contribution >= 4 is 17.3 Å². The summed E-state index contributed by atoms with van der Waals surface area (Å²) in [5.41, 5.74) is 0.207. The Morgan fingerprint density at radius 1 is 1.59 bits per heavy atom. The average molecular weight is 238 g/mol. The number of ether oxygens (including phenoxy) is 2. The molecular formula is C10H10N2O5. The molecule has 1 N–H and O–H groups in total. The summed E-state index contributed by atoms with van der Waals surface area (Å²) in [5, 5.41) is 13.8. The maximum absolute atomic E-state index is 11.4. The van der Waals surface area contributed by atoms with Gasteiger partial charge in [-0.1, -0.05) is 0 Å². The normalized spacial score (nSPS) is 13.0. The van der Waals surface area contributed by atoms with Crippen LogP contribution in [0.25, 0.3) is 0 Å². The van der Waals surface area contributed by atoms with E-state index in [1.54, 1.807) is 0 Å². The minimum atomic E-state index is -0.634. The summed E-state index contributed by atoms with van der Waals surface area (Å²) in [6.07, 6.45) is 0. The number of carbonyl (C=O) groups excluding carboxylic acids is 1. The number of nitrogens with one attached hydrogen (secondary N) is 1. The predicted octanol–water partition coefficient (Wildman–Crippen LogP) is 1.19. The van der Waals surface area contributed by atoms with Crippen LogP contribution in [0.4, 0.5) is 11.4 Å². The first-order valence-corrected chi connectivity index (χ1v) is 4.91. The maximum Gasteiger partial charge on any atom is 0.338 e. The zero-order chi connectivity index (χ0) is 12.4. The van der Waals surface area contributed by atoms with Gasteiger partial charge in [0.25, 0.3) is 5.69 Å². The van der Waals surface area contributed by atoms with E-state index in [1.165, 1.54) is 19.2 Å². The zero-order valence-electron chi connectivity index (χ0n) is 9.06. The van der Waals surface area contributed by atoms with Crippen molar-refractivity contribution < 1.29 is 19.2 Å². The standard InChI is InChI=1S/C10H10N2O5/c1-16-10(13)6-4-7(12(14)15)9-8(5-6)17-3-2-11-9/h4-5,11H,2-3H2,1H3. The molecule has 1 aromatic rings. The topological polar surface area (TPSA) is 90.7 Å². The van der Waals surface area contributed by atoms with Gasteiger partial charge in [0.15, 0.2) is 5.69 Å². The number of anilines is 1. The van der Waals surface area contributed by atoms with E-state index < -0.39 is 10.9 Å². The molecule has 0 saturated heterocycles. The van der Waals surface area contributed by atoms with Gasteiger partial charge in [-0.3, -0.25) is 10.1 Å². The van der Waals surface area contributed by atoms with E-state index >= 15 is 0 Å². The monoisotopic (exact) mass is 238 g/mol. The van der Waals surface area contributed by atoms with Crippen LogP contribution in [0, 0.1) is 10.1 Å². The van der Waals surface area contributed by atoms with Gasteiger partial charge in [-0.2, -0.15) is 0 Å². The van der Waals surface area contributed by atoms with Crippen molar-refractivity contribution in [3.8, 4) is 5.75 Å². The van der Waals surface area contributed by atoms with Crippen molar-refractivity contribution in [1.29, 1.82) is 0 Å². The lowest BCUT2D eigenvalue weighted by Gasteiger charge is -2.19. The van der Waals surface area contributed by atoms with Crippen LogP contribution in [0.3, 0.4) is 0 Å². The molecule has 0 amide bonds. The molecule has 0 atom stereocenters. The number of nitrogens with zero attached hydrogens (tertiary/aromatic N) is 1. The van der Waals surface area contributed by atoms with E-state index in [0.29, 0.717) is 24.6 Å². The summed E-state index contributed by atoms with van der Waals surface area (Å²) in [6.45, 7) is 0.889. The highest BCUT2D eigenvalue weighted by Crippen LogP contribution is 2.37. The summed E-state index contributed by atoms with van der Waals surface area (Å²) in [6, 6.07) is 2.60. The van der Waals surface area contributed by atoms with Crippen LogP contribution in [0.2, 0.25) is 0 Å². The SMILES string of the molecule is COC(=O)c1cc2c(c([N+](=O)[O-])c1)NCCO2. The van der Waals surface area contributed by atoms with Crippen LogP contribution >= 0.6 is 0 Å². The number of esters is 1. The second-order valence-electron chi connectivity index (χ2n) is 3.39. The highest BCUT2D eigenvalue weighted by molar-refractivity contribution is 5.93. The largest absolute Gasteiger partial charge is 0.489 e. The molecule has 7 heteroatoms. The molecule has 7 nitrogen and oxygen atoms in total. The van der Waals surface area contributed by atoms with Crippen LogP contribution in [0.5, 0.6) is 5.75 Å². The third kappa shape index (κ3) is 1.99. The second kappa shape index (κ2) is 4.28. The Balaban J connectivity index is 2.56. The highest BCUT2D eigenvalue weighted by atomic mass is 16.6. The first kappa shape index (κ1) is 11.2. The van der Waals surface area contributed by atoms with Crippen LogP contribution in [0.15, 0.2) is 12.1 Å². The quantitative estimate of drug-likeness (QED) is 0.472. The van der Waals surface area contributed by atoms with Crippen molar-refractivity contribution in [3.05, 3.63) is 27.8 Å². The third-order valence-corrected chi connectivity index (χ3v) is 2.36. The van der Waals surface area contributed by atoms with Crippen molar-refractivity contribution in [2.24, 2.45) is 0 Å². The number of nitro benzene ring substituents is 1. The van der Waals surface area contributed by atoms with Crippen molar-refractivity contribution in [2.75, 3.05) is 25.6 Å². The van der Waals surface area contributed by atoms with Crippen molar-refractivity contribution in [1.82, 2.24) is 0 Å². The Morgan fingerprint density at radius 3 is 3.00 bits per heavy atom. The molecule has 2 rings (SSSR count). The van der Waals surface area contributed by atoms with Gasteiger partial charge in [-0.15, -0.1) is 0 Å². The second-order valence-corrected chi connectivity index (χ2v) is 3.39. The molecule has 1 aliphatic rings. The van der Waals surface area contributed by atoms with Gasteiger partial charge in [-0.05, 0) is 6.07 Å². The Labute approximate surface area is 96.5 Å². The number of methoxy groups -OCH3 is 1. The molecule has 17 heavy (non-hydrogen) atoms. The summed E-state index contributed by atoms with van der Waals surface area (Å²) in [4.78, 5) is 21.7. The first-order chi connectivity index (χ1) is 8.13. The molecule has 0 fully saturated rings. The van der Waals surface area contributed by atoms with Gasteiger partial charge >= 0.3 is 5.97 Å². The van der Waals surface area contributed by atoms with E-state index in [1.807, 2.05) is 0 Å². The van der Waals surface area contributed by atoms with Gasteiger partial charge in [0, 0.05) is 12.6 Å². The van der Waals surface area contributed by atoms with Crippen LogP contribution < -0.4 is 10.1 Å². The van der Waals surface area contributed by atoms with Crippen LogP contribution in [-0.2, 0) is 4.74 Å². The molecule has 0 aromatic heterocycles. The Bertz CT molecular complexity index is 486. The molecule has 1 aromatic carbocycles. The molecule has 90 valence electrons. The first-order valence-electron chi connectivity index (χ1n) is 4.91. The average Bonchev–Trinajstić information content (AvgIpc) is 2.36. The summed E-state index contributed by atoms with van der Waals surface area (Å²) in [5.74, 6) is -0.337. The van der Waals surface area contributed by atoms with Crippen LogP contribution in [-0.4, -0.2) is 31.2 Å². The summed E-state index contributed by atoms with van der Waals surface area (Å²) in [7, 11) is 1.22. The number of carbonyl (C=O) groups is 1. The number of fused-ring (bicyclic) bond motifs is 1. The number of benzene rings is 1. The number of rotatable bonds is 2. The van der Waals surface area contributed by atoms with Gasteiger partial charge in [0.05, 0.1) is 17.6 Å². The predicted molar refractivity (Wildman–Crippen MR) is 58.4 cm³/mol. The minimum Gasteiger partial charge on any atom is -0.489 e. The molecule has 0 spiro atoms. The highest BCUT2D eigenvalue weighted by Gasteiger charge is 2.25. The minimum absolute atomic E-state index is 0.0988. The van der Waals surface area contributed by atoms with E-state index in [2.05, 4.69) is 10.1 Å². The van der Waals surface area contributed by atoms with E-state index in [-0.39, 0.29) is 11.3 Å². The molecule has 1 heterocycles. The summed E-state index contributed by atoms with van der Waals surface area (Å²) >= 11 is 0. The number of nitro groups is 1.